The van der Waals surface area contributed by atoms with Crippen molar-refractivity contribution in [3.05, 3.63) is 94.4 Å². The summed E-state index contributed by atoms with van der Waals surface area (Å²) in [7, 11) is 1.55. The quantitative estimate of drug-likeness (QED) is 0.496. The minimum absolute atomic E-state index is 0.00199. The average molecular weight is 527 g/mol. The summed E-state index contributed by atoms with van der Waals surface area (Å²) in [5.74, 6) is -0.260. The number of carbonyl (C=O) groups is 3. The van der Waals surface area contributed by atoms with Gasteiger partial charge in [-0.05, 0) is 42.2 Å². The molecule has 0 saturated carbocycles. The fraction of sp³-hybridized carbons (Fsp3) is 0.333. The van der Waals surface area contributed by atoms with Crippen molar-refractivity contribution in [2.75, 3.05) is 31.6 Å². The highest BCUT2D eigenvalue weighted by Gasteiger charge is 2.56. The van der Waals surface area contributed by atoms with Gasteiger partial charge in [-0.1, -0.05) is 42.5 Å². The third-order valence-corrected chi connectivity index (χ3v) is 8.22. The van der Waals surface area contributed by atoms with Crippen LogP contribution in [0, 0.1) is 11.3 Å². The zero-order valence-corrected chi connectivity index (χ0v) is 21.7. The van der Waals surface area contributed by atoms with Crippen LogP contribution in [0.5, 0.6) is 5.75 Å². The number of likely N-dealkylation sites (tertiary alicyclic amines) is 1. The van der Waals surface area contributed by atoms with Gasteiger partial charge < -0.3 is 14.2 Å². The van der Waals surface area contributed by atoms with Crippen LogP contribution in [0.25, 0.3) is 0 Å². The Morgan fingerprint density at radius 1 is 0.897 bits per heavy atom. The van der Waals surface area contributed by atoms with Crippen molar-refractivity contribution in [1.29, 1.82) is 0 Å². The summed E-state index contributed by atoms with van der Waals surface area (Å²) in [4.78, 5) is 56.9. The van der Waals surface area contributed by atoms with E-state index in [4.69, 9.17) is 4.74 Å². The van der Waals surface area contributed by atoms with Crippen molar-refractivity contribution in [3.63, 3.8) is 0 Å². The zero-order chi connectivity index (χ0) is 27.1. The molecule has 4 heterocycles. The average Bonchev–Trinajstić information content (AvgIpc) is 2.93. The Morgan fingerprint density at radius 2 is 1.67 bits per heavy atom. The number of amides is 4. The largest absolute Gasteiger partial charge is 0.496 e. The fourth-order valence-corrected chi connectivity index (χ4v) is 6.52. The molecule has 3 aromatic rings. The van der Waals surface area contributed by atoms with Crippen molar-refractivity contribution in [3.8, 4) is 5.75 Å². The molecule has 3 atom stereocenters. The maximum atomic E-state index is 14.4. The lowest BCUT2D eigenvalue weighted by atomic mass is 9.75. The number of anilines is 1. The summed E-state index contributed by atoms with van der Waals surface area (Å²) in [5, 5.41) is 2.48. The molecule has 0 spiro atoms. The monoisotopic (exact) mass is 526 g/mol. The molecule has 2 bridgehead atoms. The van der Waals surface area contributed by atoms with Crippen LogP contribution in [-0.2, 0) is 22.6 Å². The van der Waals surface area contributed by atoms with E-state index in [1.165, 1.54) is 0 Å². The van der Waals surface area contributed by atoms with Gasteiger partial charge in [0, 0.05) is 50.3 Å². The number of hydrogen-bond donors (Lipinski definition) is 1. The highest BCUT2D eigenvalue weighted by Crippen LogP contribution is 2.40. The summed E-state index contributed by atoms with van der Waals surface area (Å²) in [6, 6.07) is 20.6. The van der Waals surface area contributed by atoms with E-state index in [1.54, 1.807) is 55.6 Å². The standard InChI is InChI=1S/C30H30N4O5/c1-39-25-12-6-5-8-21(25)15-30(27(36)31-29(38)34(28(30)37)23-9-3-2-4-10-23)19-32-16-20-14-22(18-32)24-11-7-13-26(35)33(24)17-20/h2-13,20,22H,14-19H2,1H3,(H,31,36,38)/t20?,22-,30?/m0/s1. The molecular formula is C30H30N4O5. The van der Waals surface area contributed by atoms with E-state index >= 15 is 0 Å². The third kappa shape index (κ3) is 4.32. The summed E-state index contributed by atoms with van der Waals surface area (Å²) in [5.41, 5.74) is 0.533. The molecular weight excluding hydrogens is 496 g/mol. The Kier molecular flexibility index (Phi) is 6.31. The molecule has 0 aliphatic carbocycles. The van der Waals surface area contributed by atoms with E-state index in [1.807, 2.05) is 28.8 Å². The topological polar surface area (TPSA) is 101 Å². The highest BCUT2D eigenvalue weighted by atomic mass is 16.5. The van der Waals surface area contributed by atoms with E-state index in [0.29, 0.717) is 36.6 Å². The lowest BCUT2D eigenvalue weighted by molar-refractivity contribution is -0.144. The number of ether oxygens (including phenoxy) is 1. The minimum atomic E-state index is -1.57. The van der Waals surface area contributed by atoms with Crippen molar-refractivity contribution < 1.29 is 19.1 Å². The van der Waals surface area contributed by atoms with E-state index < -0.39 is 23.3 Å². The van der Waals surface area contributed by atoms with Crippen LogP contribution in [0.2, 0.25) is 0 Å². The number of benzene rings is 2. The predicted octanol–water partition coefficient (Wildman–Crippen LogP) is 2.79. The number of barbiturate groups is 1. The van der Waals surface area contributed by atoms with E-state index in [0.717, 1.165) is 17.0 Å². The number of methoxy groups -OCH3 is 1. The summed E-state index contributed by atoms with van der Waals surface area (Å²) in [6.45, 7) is 1.99. The van der Waals surface area contributed by atoms with Gasteiger partial charge in [0.2, 0.25) is 5.91 Å². The first-order chi connectivity index (χ1) is 18.9. The first kappa shape index (κ1) is 25.1. The normalized spacial score (nSPS) is 24.7. The number of pyridine rings is 1. The second-order valence-corrected chi connectivity index (χ2v) is 10.7. The van der Waals surface area contributed by atoms with E-state index in [2.05, 4.69) is 10.2 Å². The fourth-order valence-electron chi connectivity index (χ4n) is 6.52. The molecule has 2 saturated heterocycles. The number of urea groups is 1. The van der Waals surface area contributed by atoms with Gasteiger partial charge in [-0.15, -0.1) is 0 Å². The van der Waals surface area contributed by atoms with Crippen LogP contribution in [-0.4, -0.2) is 54.1 Å². The van der Waals surface area contributed by atoms with Crippen molar-refractivity contribution in [1.82, 2.24) is 14.8 Å². The Labute approximate surface area is 226 Å². The Morgan fingerprint density at radius 3 is 2.46 bits per heavy atom. The van der Waals surface area contributed by atoms with Gasteiger partial charge in [0.15, 0.2) is 0 Å². The van der Waals surface area contributed by atoms with Crippen LogP contribution >= 0.6 is 0 Å². The van der Waals surface area contributed by atoms with Crippen LogP contribution in [0.15, 0.2) is 77.6 Å². The molecule has 1 N–H and O–H groups in total. The van der Waals surface area contributed by atoms with Gasteiger partial charge in [-0.2, -0.15) is 0 Å². The molecule has 3 aliphatic rings. The summed E-state index contributed by atoms with van der Waals surface area (Å²) >= 11 is 0. The predicted molar refractivity (Wildman–Crippen MR) is 145 cm³/mol. The van der Waals surface area contributed by atoms with Gasteiger partial charge in [0.1, 0.15) is 11.2 Å². The Balaban J connectivity index is 1.40. The maximum Gasteiger partial charge on any atom is 0.335 e. The Hall–Kier alpha value is -4.24. The van der Waals surface area contributed by atoms with Crippen molar-refractivity contribution in [2.24, 2.45) is 11.3 Å². The molecule has 9 nitrogen and oxygen atoms in total. The van der Waals surface area contributed by atoms with Gasteiger partial charge in [-0.25, -0.2) is 9.69 Å². The van der Waals surface area contributed by atoms with Crippen molar-refractivity contribution in [2.45, 2.75) is 25.3 Å². The lowest BCUT2D eigenvalue weighted by Crippen LogP contribution is -2.68. The van der Waals surface area contributed by atoms with E-state index in [9.17, 15) is 19.2 Å². The van der Waals surface area contributed by atoms with Gasteiger partial charge in [0.05, 0.1) is 12.8 Å². The molecule has 200 valence electrons. The third-order valence-electron chi connectivity index (χ3n) is 8.22. The molecule has 9 heteroatoms. The number of fused-ring (bicyclic) bond motifs is 4. The smallest absolute Gasteiger partial charge is 0.335 e. The van der Waals surface area contributed by atoms with Crippen LogP contribution in [0.1, 0.15) is 23.6 Å². The number of rotatable bonds is 6. The van der Waals surface area contributed by atoms with Crippen molar-refractivity contribution >= 4 is 23.5 Å². The van der Waals surface area contributed by atoms with E-state index in [-0.39, 0.29) is 30.4 Å². The van der Waals surface area contributed by atoms with Crippen LogP contribution < -0.4 is 20.5 Å². The second kappa shape index (κ2) is 9.81. The number of hydrogen-bond acceptors (Lipinski definition) is 6. The highest BCUT2D eigenvalue weighted by molar-refractivity contribution is 6.30. The molecule has 1 aromatic heterocycles. The van der Waals surface area contributed by atoms with Crippen LogP contribution in [0.3, 0.4) is 0 Å². The number of aromatic nitrogens is 1. The Bertz CT molecular complexity index is 1500. The molecule has 2 unspecified atom stereocenters. The molecule has 3 aliphatic heterocycles. The first-order valence-corrected chi connectivity index (χ1v) is 13.2. The summed E-state index contributed by atoms with van der Waals surface area (Å²) < 4.78 is 7.42. The number of para-hydroxylation sites is 2. The molecule has 0 radical (unpaired) electrons. The first-order valence-electron chi connectivity index (χ1n) is 13.2. The molecule has 6 rings (SSSR count). The SMILES string of the molecule is COc1ccccc1CC1(CN2CC3C[C@@H](C2)c2cccc(=O)n2C3)C(=O)NC(=O)N(c2ccccc2)C1=O. The lowest BCUT2D eigenvalue weighted by Gasteiger charge is -2.47. The second-order valence-electron chi connectivity index (χ2n) is 10.7. The molecule has 2 fully saturated rings. The number of nitrogens with one attached hydrogen (secondary N) is 1. The number of carbonyl (C=O) groups excluding carboxylic acids is 3. The minimum Gasteiger partial charge on any atom is -0.496 e. The van der Waals surface area contributed by atoms with Gasteiger partial charge >= 0.3 is 6.03 Å². The molecule has 39 heavy (non-hydrogen) atoms. The summed E-state index contributed by atoms with van der Waals surface area (Å²) in [6.07, 6.45) is 1.02. The zero-order valence-electron chi connectivity index (χ0n) is 21.7. The molecule has 2 aromatic carbocycles. The van der Waals surface area contributed by atoms with Gasteiger partial charge in [0.25, 0.3) is 11.5 Å². The van der Waals surface area contributed by atoms with Crippen LogP contribution in [0.4, 0.5) is 10.5 Å². The maximum absolute atomic E-state index is 14.4. The number of nitrogens with zero attached hydrogens (tertiary/aromatic N) is 3. The number of piperidine rings is 1. The molecule has 4 amide bonds. The number of imide groups is 2. The van der Waals surface area contributed by atoms with Gasteiger partial charge in [-0.3, -0.25) is 19.7 Å².